The second-order valence-electron chi connectivity index (χ2n) is 8.11. The van der Waals surface area contributed by atoms with Crippen LogP contribution in [0.1, 0.15) is 83.8 Å². The molecule has 3 N–H and O–H groups in total. The molecule has 0 aliphatic rings. The summed E-state index contributed by atoms with van der Waals surface area (Å²) in [5.41, 5.74) is 6.46. The van der Waals surface area contributed by atoms with E-state index in [1.807, 2.05) is 78.1 Å². The Morgan fingerprint density at radius 2 is 1.66 bits per heavy atom. The van der Waals surface area contributed by atoms with Crippen LogP contribution in [0, 0.1) is 6.92 Å². The number of rotatable bonds is 9. The number of imidazole rings is 1. The highest BCUT2D eigenvalue weighted by Gasteiger charge is 2.15. The van der Waals surface area contributed by atoms with E-state index in [9.17, 15) is 9.59 Å². The number of hydrogen-bond acceptors (Lipinski definition) is 5. The Kier molecular flexibility index (Phi) is 15.3. The maximum atomic E-state index is 11.5. The number of aromatic nitrogens is 2. The molecule has 0 atom stereocenters. The second kappa shape index (κ2) is 16.8. The van der Waals surface area contributed by atoms with Crippen LogP contribution >= 0.6 is 0 Å². The Balaban J connectivity index is 0.000000626. The number of unbranched alkanes of at least 4 members (excludes halogenated alkanes) is 3. The number of aryl methyl sites for hydroxylation is 2. The van der Waals surface area contributed by atoms with Crippen molar-refractivity contribution in [2.75, 3.05) is 0 Å². The van der Waals surface area contributed by atoms with E-state index in [2.05, 4.69) is 14.7 Å². The van der Waals surface area contributed by atoms with Crippen molar-refractivity contribution in [3.8, 4) is 0 Å². The van der Waals surface area contributed by atoms with E-state index in [0.717, 1.165) is 49.2 Å². The summed E-state index contributed by atoms with van der Waals surface area (Å²) < 4.78 is 9.83. The molecule has 7 nitrogen and oxygen atoms in total. The summed E-state index contributed by atoms with van der Waals surface area (Å²) in [5.74, 6) is 0.971. The van der Waals surface area contributed by atoms with E-state index >= 15 is 0 Å². The van der Waals surface area contributed by atoms with Crippen molar-refractivity contribution < 1.29 is 19.1 Å². The largest absolute Gasteiger partial charge is 0.460 e. The lowest BCUT2D eigenvalue weighted by molar-refractivity contribution is -0.154. The van der Waals surface area contributed by atoms with Gasteiger partial charge >= 0.3 is 12.1 Å². The minimum atomic E-state index is -0.742. The van der Waals surface area contributed by atoms with Crippen molar-refractivity contribution in [1.82, 2.24) is 9.97 Å². The van der Waals surface area contributed by atoms with Crippen LogP contribution in [0.5, 0.6) is 0 Å². The summed E-state index contributed by atoms with van der Waals surface area (Å²) in [6.07, 6.45) is 6.85. The molecule has 180 valence electrons. The maximum absolute atomic E-state index is 11.5. The van der Waals surface area contributed by atoms with Crippen molar-refractivity contribution in [3.63, 3.8) is 0 Å². The van der Waals surface area contributed by atoms with E-state index in [0.29, 0.717) is 6.42 Å². The third kappa shape index (κ3) is 16.9. The Morgan fingerprint density at radius 1 is 1.03 bits per heavy atom. The first-order valence-electron chi connectivity index (χ1n) is 11.3. The molecule has 2 aromatic rings. The van der Waals surface area contributed by atoms with Crippen molar-refractivity contribution >= 4 is 12.1 Å². The third-order valence-electron chi connectivity index (χ3n) is 3.94. The van der Waals surface area contributed by atoms with E-state index in [1.165, 1.54) is 0 Å². The molecule has 2 rings (SSSR count). The maximum Gasteiger partial charge on any atom is 0.404 e. The van der Waals surface area contributed by atoms with Gasteiger partial charge in [0.1, 0.15) is 18.0 Å². The van der Waals surface area contributed by atoms with Gasteiger partial charge in [0, 0.05) is 24.7 Å². The third-order valence-corrected chi connectivity index (χ3v) is 3.94. The quantitative estimate of drug-likeness (QED) is 0.370. The first kappa shape index (κ1) is 29.2. The van der Waals surface area contributed by atoms with E-state index < -0.39 is 6.09 Å². The highest BCUT2D eigenvalue weighted by Crippen LogP contribution is 2.12. The van der Waals surface area contributed by atoms with E-state index in [4.69, 9.17) is 10.5 Å². The Labute approximate surface area is 193 Å². The Bertz CT molecular complexity index is 752. The zero-order chi connectivity index (χ0) is 24.4. The van der Waals surface area contributed by atoms with Gasteiger partial charge in [0.2, 0.25) is 0 Å². The summed E-state index contributed by atoms with van der Waals surface area (Å²) >= 11 is 0. The highest BCUT2D eigenvalue weighted by molar-refractivity contribution is 5.69. The lowest BCUT2D eigenvalue weighted by Crippen LogP contribution is -2.23. The van der Waals surface area contributed by atoms with Crippen LogP contribution in [-0.4, -0.2) is 27.6 Å². The van der Waals surface area contributed by atoms with Gasteiger partial charge in [-0.2, -0.15) is 0 Å². The van der Waals surface area contributed by atoms with Gasteiger partial charge in [-0.05, 0) is 46.1 Å². The topological polar surface area (TPSA) is 107 Å². The number of hydrogen-bond donors (Lipinski definition) is 2. The lowest BCUT2D eigenvalue weighted by atomic mass is 10.1. The van der Waals surface area contributed by atoms with Crippen LogP contribution in [0.25, 0.3) is 0 Å². The molecule has 7 heteroatoms. The molecule has 0 aliphatic heterocycles. The number of nitrogens with two attached hydrogens (primary N) is 1. The van der Waals surface area contributed by atoms with Crippen LogP contribution in [0.4, 0.5) is 4.79 Å². The van der Waals surface area contributed by atoms with Gasteiger partial charge < -0.3 is 20.2 Å². The van der Waals surface area contributed by atoms with Crippen molar-refractivity contribution in [1.29, 1.82) is 0 Å². The predicted octanol–water partition coefficient (Wildman–Crippen LogP) is 5.86. The molecule has 1 heterocycles. The average molecular weight is 448 g/mol. The molecule has 1 aromatic heterocycles. The number of primary amides is 1. The van der Waals surface area contributed by atoms with Gasteiger partial charge in [-0.1, -0.05) is 57.0 Å². The molecule has 0 saturated carbocycles. The van der Waals surface area contributed by atoms with Crippen LogP contribution in [0.2, 0.25) is 0 Å². The SMILES string of the molecule is CC.Cc1cnc(CCCCCCC(=O)OC(C)(C)C)[nH]1.NC(=O)OCc1ccccc1. The van der Waals surface area contributed by atoms with Crippen LogP contribution in [-0.2, 0) is 27.3 Å². The fourth-order valence-electron chi connectivity index (χ4n) is 2.63. The molecule has 0 radical (unpaired) electrons. The fraction of sp³-hybridized carbons (Fsp3) is 0.560. The minimum Gasteiger partial charge on any atom is -0.460 e. The number of benzene rings is 1. The molecule has 0 unspecified atom stereocenters. The number of ether oxygens (including phenoxy) is 2. The van der Waals surface area contributed by atoms with Gasteiger partial charge in [-0.25, -0.2) is 9.78 Å². The fourth-order valence-corrected chi connectivity index (χ4v) is 2.63. The number of nitrogens with one attached hydrogen (secondary N) is 1. The number of H-pyrrole nitrogens is 1. The number of nitrogens with zero attached hydrogens (tertiary/aromatic N) is 1. The van der Waals surface area contributed by atoms with Gasteiger partial charge in [0.15, 0.2) is 0 Å². The molecule has 0 aliphatic carbocycles. The molecular weight excluding hydrogens is 406 g/mol. The number of esters is 1. The van der Waals surface area contributed by atoms with Crippen molar-refractivity contribution in [2.45, 2.75) is 92.3 Å². The summed E-state index contributed by atoms with van der Waals surface area (Å²) in [6.45, 7) is 12.0. The minimum absolute atomic E-state index is 0.0887. The van der Waals surface area contributed by atoms with Crippen LogP contribution < -0.4 is 5.73 Å². The Hall–Kier alpha value is -2.83. The average Bonchev–Trinajstić information content (AvgIpc) is 3.15. The first-order valence-corrected chi connectivity index (χ1v) is 11.3. The normalized spacial score (nSPS) is 10.2. The number of carbonyl (C=O) groups is 2. The zero-order valence-corrected chi connectivity index (χ0v) is 20.6. The molecule has 0 saturated heterocycles. The van der Waals surface area contributed by atoms with Crippen molar-refractivity contribution in [2.24, 2.45) is 5.73 Å². The summed E-state index contributed by atoms with van der Waals surface area (Å²) in [5, 5.41) is 0. The molecule has 32 heavy (non-hydrogen) atoms. The van der Waals surface area contributed by atoms with E-state index in [1.54, 1.807) is 0 Å². The molecule has 0 spiro atoms. The number of carbonyl (C=O) groups excluding carboxylic acids is 2. The Morgan fingerprint density at radius 3 is 2.19 bits per heavy atom. The van der Waals surface area contributed by atoms with Crippen LogP contribution in [0.3, 0.4) is 0 Å². The summed E-state index contributed by atoms with van der Waals surface area (Å²) in [4.78, 5) is 29.1. The van der Waals surface area contributed by atoms with Crippen LogP contribution in [0.15, 0.2) is 36.5 Å². The number of aromatic amines is 1. The van der Waals surface area contributed by atoms with Gasteiger partial charge in [-0.3, -0.25) is 4.79 Å². The number of amides is 1. The molecule has 0 fully saturated rings. The standard InChI is InChI=1S/C15H26N2O2.C8H9NO2.C2H6/c1-12-11-16-13(17-12)9-7-5-6-8-10-14(18)19-15(2,3)4;9-8(10)11-6-7-4-2-1-3-5-7;1-2/h11H,5-10H2,1-4H3,(H,16,17);1-5H,6H2,(H2,9,10);1-2H3. The monoisotopic (exact) mass is 447 g/mol. The summed E-state index contributed by atoms with van der Waals surface area (Å²) in [6, 6.07) is 9.37. The van der Waals surface area contributed by atoms with Crippen molar-refractivity contribution in [3.05, 3.63) is 53.6 Å². The van der Waals surface area contributed by atoms with Gasteiger partial charge in [-0.15, -0.1) is 0 Å². The second-order valence-corrected chi connectivity index (χ2v) is 8.11. The molecular formula is C25H41N3O4. The molecule has 0 bridgehead atoms. The predicted molar refractivity (Wildman–Crippen MR) is 128 cm³/mol. The smallest absolute Gasteiger partial charge is 0.404 e. The lowest BCUT2D eigenvalue weighted by Gasteiger charge is -2.19. The van der Waals surface area contributed by atoms with Gasteiger partial charge in [0.25, 0.3) is 0 Å². The molecule has 1 aromatic carbocycles. The molecule has 1 amide bonds. The zero-order valence-electron chi connectivity index (χ0n) is 20.6. The summed E-state index contributed by atoms with van der Waals surface area (Å²) in [7, 11) is 0. The first-order chi connectivity index (χ1) is 15.2. The van der Waals surface area contributed by atoms with Gasteiger partial charge in [0.05, 0.1) is 0 Å². The van der Waals surface area contributed by atoms with E-state index in [-0.39, 0.29) is 18.2 Å². The highest BCUT2D eigenvalue weighted by atomic mass is 16.6.